The molecule has 1 aromatic heterocycles. The third kappa shape index (κ3) is 5.50. The van der Waals surface area contributed by atoms with E-state index in [1.807, 2.05) is 48.7 Å². The second kappa shape index (κ2) is 9.92. The summed E-state index contributed by atoms with van der Waals surface area (Å²) in [6.45, 7) is 0. The van der Waals surface area contributed by atoms with E-state index in [0.717, 1.165) is 26.2 Å². The van der Waals surface area contributed by atoms with Gasteiger partial charge in [0.05, 0.1) is 19.6 Å². The normalized spacial score (nSPS) is 11.7. The fraction of sp³-hybridized carbons (Fsp3) is 0.190. The molecule has 3 aromatic rings. The zero-order valence-corrected chi connectivity index (χ0v) is 18.7. The molecule has 0 aliphatic carbocycles. The second-order valence-electron chi connectivity index (χ2n) is 6.38. The van der Waals surface area contributed by atoms with Crippen LogP contribution in [0.1, 0.15) is 27.7 Å². The lowest BCUT2D eigenvalue weighted by Gasteiger charge is -2.20. The maximum absolute atomic E-state index is 11.7. The number of carboxylic acid groups (broad SMARTS) is 1. The van der Waals surface area contributed by atoms with Crippen molar-refractivity contribution in [3.63, 3.8) is 0 Å². The Labute approximate surface area is 187 Å². The molecule has 3 rings (SSSR count). The molecule has 0 aliphatic rings. The van der Waals surface area contributed by atoms with Gasteiger partial charge in [0, 0.05) is 15.3 Å². The minimum atomic E-state index is -0.917. The zero-order chi connectivity index (χ0) is 21.7. The van der Waals surface area contributed by atoms with Crippen molar-refractivity contribution in [3.05, 3.63) is 59.0 Å². The summed E-state index contributed by atoms with van der Waals surface area (Å²) >= 11 is 8.39. The number of rotatable bonds is 7. The van der Waals surface area contributed by atoms with Gasteiger partial charge in [0.15, 0.2) is 5.11 Å². The molecule has 1 heterocycles. The summed E-state index contributed by atoms with van der Waals surface area (Å²) in [5.41, 5.74) is 1.58. The van der Waals surface area contributed by atoms with Crippen LogP contribution in [0.3, 0.4) is 0 Å². The highest BCUT2D eigenvalue weighted by molar-refractivity contribution is 7.98. The number of anilines is 1. The molecule has 0 radical (unpaired) electrons. The van der Waals surface area contributed by atoms with Crippen LogP contribution < -0.4 is 10.6 Å². The van der Waals surface area contributed by atoms with E-state index in [1.165, 1.54) is 18.4 Å². The molecule has 30 heavy (non-hydrogen) atoms. The van der Waals surface area contributed by atoms with Crippen molar-refractivity contribution in [2.45, 2.75) is 17.4 Å². The van der Waals surface area contributed by atoms with Crippen LogP contribution in [0.2, 0.25) is 0 Å². The monoisotopic (exact) mass is 460 g/mol. The van der Waals surface area contributed by atoms with Crippen LogP contribution in [0.5, 0.6) is 0 Å². The molecule has 0 amide bonds. The lowest BCUT2D eigenvalue weighted by atomic mass is 10.0. The van der Waals surface area contributed by atoms with Gasteiger partial charge < -0.3 is 20.5 Å². The number of hydrogen-bond donors (Lipinski definition) is 3. The van der Waals surface area contributed by atoms with Crippen molar-refractivity contribution in [2.24, 2.45) is 0 Å². The Hall–Kier alpha value is -2.62. The Morgan fingerprint density at radius 1 is 1.20 bits per heavy atom. The van der Waals surface area contributed by atoms with Crippen LogP contribution in [0.15, 0.2) is 53.4 Å². The Morgan fingerprint density at radius 2 is 1.93 bits per heavy atom. The first kappa shape index (κ1) is 22.1. The Morgan fingerprint density at radius 3 is 2.57 bits per heavy atom. The topological polar surface area (TPSA) is 87.7 Å². The molecule has 0 aliphatic heterocycles. The summed E-state index contributed by atoms with van der Waals surface area (Å²) < 4.78 is 5.72. The molecule has 1 atom stereocenters. The first-order valence-electron chi connectivity index (χ1n) is 8.94. The maximum Gasteiger partial charge on any atom is 0.348 e. The van der Waals surface area contributed by atoms with Crippen molar-refractivity contribution >= 4 is 68.1 Å². The molecule has 2 aromatic carbocycles. The Balaban J connectivity index is 1.73. The highest BCUT2D eigenvalue weighted by Crippen LogP contribution is 2.29. The highest BCUT2D eigenvalue weighted by atomic mass is 32.2. The highest BCUT2D eigenvalue weighted by Gasteiger charge is 2.17. The summed E-state index contributed by atoms with van der Waals surface area (Å²) in [5.74, 6) is -1.29. The van der Waals surface area contributed by atoms with Crippen LogP contribution in [-0.4, -0.2) is 35.5 Å². The molecule has 0 spiro atoms. The smallest absolute Gasteiger partial charge is 0.348 e. The molecular weight excluding hydrogens is 440 g/mol. The van der Waals surface area contributed by atoms with E-state index in [4.69, 9.17) is 17.0 Å². The molecule has 6 nitrogen and oxygen atoms in total. The molecule has 9 heteroatoms. The van der Waals surface area contributed by atoms with Crippen molar-refractivity contribution in [1.29, 1.82) is 0 Å². The maximum atomic E-state index is 11.7. The Bertz CT molecular complexity index is 1080. The predicted octanol–water partition coefficient (Wildman–Crippen LogP) is 4.91. The first-order valence-corrected chi connectivity index (χ1v) is 11.4. The van der Waals surface area contributed by atoms with Gasteiger partial charge in [-0.05, 0) is 65.8 Å². The van der Waals surface area contributed by atoms with E-state index in [-0.39, 0.29) is 12.4 Å². The number of thiophene rings is 1. The molecule has 156 valence electrons. The predicted molar refractivity (Wildman–Crippen MR) is 126 cm³/mol. The Kier molecular flexibility index (Phi) is 7.30. The number of aliphatic carboxylic acids is 1. The van der Waals surface area contributed by atoms with Crippen molar-refractivity contribution < 1.29 is 19.4 Å². The molecule has 0 fully saturated rings. The summed E-state index contributed by atoms with van der Waals surface area (Å²) in [4.78, 5) is 24.7. The fourth-order valence-electron chi connectivity index (χ4n) is 2.91. The lowest BCUT2D eigenvalue weighted by molar-refractivity contribution is -0.137. The number of esters is 1. The van der Waals surface area contributed by atoms with Crippen LogP contribution in [0.25, 0.3) is 10.1 Å². The zero-order valence-electron chi connectivity index (χ0n) is 16.3. The summed E-state index contributed by atoms with van der Waals surface area (Å²) in [7, 11) is 1.35. The molecule has 0 bridgehead atoms. The van der Waals surface area contributed by atoms with Crippen molar-refractivity contribution in [3.8, 4) is 0 Å². The van der Waals surface area contributed by atoms with Gasteiger partial charge in [0.2, 0.25) is 0 Å². The van der Waals surface area contributed by atoms with E-state index >= 15 is 0 Å². The summed E-state index contributed by atoms with van der Waals surface area (Å²) in [6, 6.07) is 14.7. The van der Waals surface area contributed by atoms with Crippen molar-refractivity contribution in [1.82, 2.24) is 5.32 Å². The number of ether oxygens (including phenoxy) is 1. The van der Waals surface area contributed by atoms with E-state index in [0.29, 0.717) is 9.99 Å². The number of fused-ring (bicyclic) bond motifs is 1. The largest absolute Gasteiger partial charge is 0.481 e. The molecule has 0 unspecified atom stereocenters. The average Bonchev–Trinajstić information content (AvgIpc) is 3.16. The number of benzene rings is 2. The number of thioether (sulfide) groups is 1. The molecular formula is C21H20N2O4S3. The minimum absolute atomic E-state index is 0.105. The standard InChI is InChI=1S/C21H20N2O4S3/c1-27-20(26)18-10-13-9-14(5-8-17(13)30-18)22-21(28)23-16(11-19(24)25)12-3-6-15(29-2)7-4-12/h3-10,16H,11H2,1-2H3,(H,24,25)(H2,22,23,28)/t16-/m0/s1. The van der Waals surface area contributed by atoms with E-state index < -0.39 is 12.0 Å². The third-order valence-electron chi connectivity index (χ3n) is 4.36. The van der Waals surface area contributed by atoms with E-state index in [2.05, 4.69) is 10.6 Å². The van der Waals surface area contributed by atoms with Crippen LogP contribution in [-0.2, 0) is 9.53 Å². The van der Waals surface area contributed by atoms with Gasteiger partial charge in [-0.2, -0.15) is 0 Å². The first-order chi connectivity index (χ1) is 14.4. The summed E-state index contributed by atoms with van der Waals surface area (Å²) in [6.07, 6.45) is 1.88. The number of nitrogens with one attached hydrogen (secondary N) is 2. The minimum Gasteiger partial charge on any atom is -0.481 e. The van der Waals surface area contributed by atoms with Crippen LogP contribution >= 0.6 is 35.3 Å². The van der Waals surface area contributed by atoms with Crippen molar-refractivity contribution in [2.75, 3.05) is 18.7 Å². The number of carbonyl (C=O) groups excluding carboxylic acids is 1. The fourth-order valence-corrected chi connectivity index (χ4v) is 4.54. The van der Waals surface area contributed by atoms with Gasteiger partial charge in [0.25, 0.3) is 0 Å². The van der Waals surface area contributed by atoms with E-state index in [9.17, 15) is 14.7 Å². The quantitative estimate of drug-likeness (QED) is 0.260. The number of thiocarbonyl (C=S) groups is 1. The van der Waals surface area contributed by atoms with Gasteiger partial charge >= 0.3 is 11.9 Å². The van der Waals surface area contributed by atoms with Gasteiger partial charge in [-0.15, -0.1) is 23.1 Å². The molecule has 3 N–H and O–H groups in total. The lowest BCUT2D eigenvalue weighted by Crippen LogP contribution is -2.33. The summed E-state index contributed by atoms with van der Waals surface area (Å²) in [5, 5.41) is 16.7. The number of carboxylic acids is 1. The number of hydrogen-bond acceptors (Lipinski definition) is 6. The molecule has 0 saturated heterocycles. The van der Waals surface area contributed by atoms with Gasteiger partial charge in [-0.25, -0.2) is 4.79 Å². The van der Waals surface area contributed by atoms with Gasteiger partial charge in [-0.3, -0.25) is 4.79 Å². The second-order valence-corrected chi connectivity index (χ2v) is 8.75. The third-order valence-corrected chi connectivity index (χ3v) is 6.42. The SMILES string of the molecule is COC(=O)c1cc2cc(NC(=S)N[C@@H](CC(=O)O)c3ccc(SC)cc3)ccc2s1. The van der Waals surface area contributed by atoms with E-state index in [1.54, 1.807) is 17.8 Å². The van der Waals surface area contributed by atoms with Crippen LogP contribution in [0.4, 0.5) is 5.69 Å². The number of methoxy groups -OCH3 is 1. The average molecular weight is 461 g/mol. The number of carbonyl (C=O) groups is 2. The van der Waals surface area contributed by atoms with Crippen LogP contribution in [0, 0.1) is 0 Å². The van der Waals surface area contributed by atoms with Gasteiger partial charge in [-0.1, -0.05) is 12.1 Å². The molecule has 0 saturated carbocycles. The van der Waals surface area contributed by atoms with Gasteiger partial charge in [0.1, 0.15) is 4.88 Å².